The molecule has 0 unspecified atom stereocenters. The Bertz CT molecular complexity index is 854. The van der Waals surface area contributed by atoms with Gasteiger partial charge in [0, 0.05) is 25.4 Å². The van der Waals surface area contributed by atoms with E-state index in [1.807, 2.05) is 19.1 Å². The number of fused-ring (bicyclic) bond motifs is 1. The first-order valence-electron chi connectivity index (χ1n) is 8.26. The first kappa shape index (κ1) is 16.9. The van der Waals surface area contributed by atoms with Crippen LogP contribution in [0, 0.1) is 0 Å². The van der Waals surface area contributed by atoms with Crippen molar-refractivity contribution in [3.05, 3.63) is 70.6 Å². The molecular weight excluding hydrogens is 314 g/mol. The third-order valence-electron chi connectivity index (χ3n) is 4.39. The van der Waals surface area contributed by atoms with Crippen molar-refractivity contribution in [1.82, 2.24) is 15.6 Å². The van der Waals surface area contributed by atoms with E-state index in [1.165, 1.54) is 0 Å². The minimum Gasteiger partial charge on any atom is -0.354 e. The molecule has 0 radical (unpaired) electrons. The fraction of sp³-hybridized carbons (Fsp3) is 0.250. The molecule has 0 fully saturated rings. The summed E-state index contributed by atoms with van der Waals surface area (Å²) in [5.41, 5.74) is 6.25. The number of allylic oxidation sites excluding steroid dienone is 1. The Labute approximate surface area is 147 Å². The molecule has 25 heavy (non-hydrogen) atoms. The second-order valence-corrected chi connectivity index (χ2v) is 6.26. The van der Waals surface area contributed by atoms with Crippen LogP contribution in [0.1, 0.15) is 50.0 Å². The van der Waals surface area contributed by atoms with E-state index in [0.29, 0.717) is 18.7 Å². The van der Waals surface area contributed by atoms with Crippen LogP contribution in [0.4, 0.5) is 0 Å². The van der Waals surface area contributed by atoms with Crippen LogP contribution >= 0.6 is 0 Å². The molecule has 2 aromatic rings. The average molecular weight is 335 g/mol. The van der Waals surface area contributed by atoms with E-state index >= 15 is 0 Å². The standard InChI is InChI=1S/C20H21N3O2/c1-12(2)16-9-14-6-7-22-19(24)17(14)10-15(16)8-13-4-5-18(23-11-13)20(25)21-3/h4-5,9-11H,1,6-8H2,2-3H3,(H,21,25)(H,22,24). The number of rotatable bonds is 4. The number of aromatic nitrogens is 1. The molecule has 2 amide bonds. The van der Waals surface area contributed by atoms with Gasteiger partial charge in [0.05, 0.1) is 0 Å². The third-order valence-corrected chi connectivity index (χ3v) is 4.39. The van der Waals surface area contributed by atoms with Gasteiger partial charge in [0.25, 0.3) is 11.8 Å². The van der Waals surface area contributed by atoms with E-state index < -0.39 is 0 Å². The highest BCUT2D eigenvalue weighted by Gasteiger charge is 2.19. The van der Waals surface area contributed by atoms with Crippen molar-refractivity contribution < 1.29 is 9.59 Å². The highest BCUT2D eigenvalue weighted by Crippen LogP contribution is 2.26. The molecule has 5 nitrogen and oxygen atoms in total. The summed E-state index contributed by atoms with van der Waals surface area (Å²) in [6.45, 7) is 6.72. The van der Waals surface area contributed by atoms with Crippen LogP contribution in [0.15, 0.2) is 37.0 Å². The molecule has 1 aliphatic heterocycles. The molecule has 1 aromatic carbocycles. The number of carbonyl (C=O) groups excluding carboxylic acids is 2. The molecule has 2 heterocycles. The van der Waals surface area contributed by atoms with Gasteiger partial charge in [-0.3, -0.25) is 14.6 Å². The zero-order chi connectivity index (χ0) is 18.0. The van der Waals surface area contributed by atoms with E-state index in [9.17, 15) is 9.59 Å². The summed E-state index contributed by atoms with van der Waals surface area (Å²) in [5.74, 6) is -0.233. The predicted octanol–water partition coefficient (Wildman–Crippen LogP) is 2.35. The first-order valence-corrected chi connectivity index (χ1v) is 8.26. The number of nitrogens with one attached hydrogen (secondary N) is 2. The van der Waals surface area contributed by atoms with Crippen molar-refractivity contribution in [2.45, 2.75) is 19.8 Å². The maximum absolute atomic E-state index is 12.1. The fourth-order valence-corrected chi connectivity index (χ4v) is 3.07. The van der Waals surface area contributed by atoms with Gasteiger partial charge < -0.3 is 10.6 Å². The van der Waals surface area contributed by atoms with Gasteiger partial charge >= 0.3 is 0 Å². The monoisotopic (exact) mass is 335 g/mol. The van der Waals surface area contributed by atoms with Gasteiger partial charge in [-0.1, -0.05) is 24.3 Å². The van der Waals surface area contributed by atoms with Crippen LogP contribution in [-0.4, -0.2) is 30.4 Å². The first-order chi connectivity index (χ1) is 12.0. The van der Waals surface area contributed by atoms with Crippen molar-refractivity contribution in [3.63, 3.8) is 0 Å². The summed E-state index contributed by atoms with van der Waals surface area (Å²) in [4.78, 5) is 27.9. The van der Waals surface area contributed by atoms with Crippen LogP contribution in [0.2, 0.25) is 0 Å². The quantitative estimate of drug-likeness (QED) is 0.901. The SMILES string of the molecule is C=C(C)c1cc2c(cc1Cc1ccc(C(=O)NC)nc1)C(=O)NCC2. The molecule has 1 aromatic heterocycles. The Kier molecular flexibility index (Phi) is 4.65. The topological polar surface area (TPSA) is 71.1 Å². The summed E-state index contributed by atoms with van der Waals surface area (Å²) in [6.07, 6.45) is 3.17. The van der Waals surface area contributed by atoms with E-state index in [0.717, 1.165) is 39.8 Å². The van der Waals surface area contributed by atoms with Gasteiger partial charge in [-0.15, -0.1) is 0 Å². The predicted molar refractivity (Wildman–Crippen MR) is 97.6 cm³/mol. The molecule has 0 atom stereocenters. The molecule has 0 spiro atoms. The minimum atomic E-state index is -0.209. The Morgan fingerprint density at radius 3 is 2.80 bits per heavy atom. The second-order valence-electron chi connectivity index (χ2n) is 6.26. The van der Waals surface area contributed by atoms with E-state index in [2.05, 4.69) is 28.3 Å². The fourth-order valence-electron chi connectivity index (χ4n) is 3.07. The number of benzene rings is 1. The normalized spacial score (nSPS) is 13.0. The molecule has 0 bridgehead atoms. The maximum Gasteiger partial charge on any atom is 0.269 e. The van der Waals surface area contributed by atoms with Crippen LogP contribution in [0.5, 0.6) is 0 Å². The van der Waals surface area contributed by atoms with E-state index in [1.54, 1.807) is 19.3 Å². The van der Waals surface area contributed by atoms with Crippen molar-refractivity contribution in [3.8, 4) is 0 Å². The summed E-state index contributed by atoms with van der Waals surface area (Å²) in [5, 5.41) is 5.44. The van der Waals surface area contributed by atoms with Crippen molar-refractivity contribution in [2.24, 2.45) is 0 Å². The van der Waals surface area contributed by atoms with Crippen LogP contribution in [0.3, 0.4) is 0 Å². The largest absolute Gasteiger partial charge is 0.354 e. The number of nitrogens with zero attached hydrogens (tertiary/aromatic N) is 1. The molecule has 128 valence electrons. The highest BCUT2D eigenvalue weighted by atomic mass is 16.2. The van der Waals surface area contributed by atoms with Gasteiger partial charge in [-0.2, -0.15) is 0 Å². The van der Waals surface area contributed by atoms with Gasteiger partial charge in [-0.05, 0) is 54.2 Å². The number of carbonyl (C=O) groups is 2. The van der Waals surface area contributed by atoms with Gasteiger partial charge in [0.15, 0.2) is 0 Å². The van der Waals surface area contributed by atoms with E-state index in [-0.39, 0.29) is 11.8 Å². The van der Waals surface area contributed by atoms with Crippen molar-refractivity contribution in [1.29, 1.82) is 0 Å². The summed E-state index contributed by atoms with van der Waals surface area (Å²) in [7, 11) is 1.58. The molecule has 3 rings (SSSR count). The van der Waals surface area contributed by atoms with Gasteiger partial charge in [-0.25, -0.2) is 0 Å². The number of hydrogen-bond acceptors (Lipinski definition) is 3. The molecule has 0 saturated carbocycles. The van der Waals surface area contributed by atoms with Crippen molar-refractivity contribution in [2.75, 3.05) is 13.6 Å². The molecule has 2 N–H and O–H groups in total. The van der Waals surface area contributed by atoms with E-state index in [4.69, 9.17) is 0 Å². The summed E-state index contributed by atoms with van der Waals surface area (Å²) >= 11 is 0. The number of hydrogen-bond donors (Lipinski definition) is 2. The Balaban J connectivity index is 1.96. The minimum absolute atomic E-state index is 0.0242. The molecular formula is C20H21N3O2. The maximum atomic E-state index is 12.1. The van der Waals surface area contributed by atoms with Gasteiger partial charge in [0.1, 0.15) is 5.69 Å². The Morgan fingerprint density at radius 1 is 1.36 bits per heavy atom. The lowest BCUT2D eigenvalue weighted by atomic mass is 9.89. The smallest absolute Gasteiger partial charge is 0.269 e. The Morgan fingerprint density at radius 2 is 2.16 bits per heavy atom. The number of pyridine rings is 1. The summed E-state index contributed by atoms with van der Waals surface area (Å²) in [6, 6.07) is 7.64. The lowest BCUT2D eigenvalue weighted by Crippen LogP contribution is -2.32. The van der Waals surface area contributed by atoms with Crippen LogP contribution < -0.4 is 10.6 Å². The molecule has 0 saturated heterocycles. The number of amides is 2. The second kappa shape index (κ2) is 6.89. The average Bonchev–Trinajstić information content (AvgIpc) is 2.61. The van der Waals surface area contributed by atoms with Crippen molar-refractivity contribution >= 4 is 17.4 Å². The Hall–Kier alpha value is -2.95. The molecule has 0 aliphatic carbocycles. The lowest BCUT2D eigenvalue weighted by molar-refractivity contribution is 0.0942. The zero-order valence-electron chi connectivity index (χ0n) is 14.5. The zero-order valence-corrected chi connectivity index (χ0v) is 14.5. The van der Waals surface area contributed by atoms with Crippen LogP contribution in [0.25, 0.3) is 5.57 Å². The lowest BCUT2D eigenvalue weighted by Gasteiger charge is -2.20. The summed E-state index contributed by atoms with van der Waals surface area (Å²) < 4.78 is 0. The molecule has 1 aliphatic rings. The van der Waals surface area contributed by atoms with Crippen LogP contribution in [-0.2, 0) is 12.8 Å². The highest BCUT2D eigenvalue weighted by molar-refractivity contribution is 5.97. The molecule has 5 heteroatoms. The van der Waals surface area contributed by atoms with Gasteiger partial charge in [0.2, 0.25) is 0 Å². The third kappa shape index (κ3) is 3.45.